The van der Waals surface area contributed by atoms with E-state index in [0.29, 0.717) is 13.2 Å². The van der Waals surface area contributed by atoms with Gasteiger partial charge in [0.25, 0.3) is 0 Å². The topological polar surface area (TPSA) is 57.1 Å². The Hall–Kier alpha value is -2.20. The Morgan fingerprint density at radius 3 is 2.50 bits per heavy atom. The Kier molecular flexibility index (Phi) is 7.65. The number of benzene rings is 2. The first kappa shape index (κ1) is 22.5. The molecule has 0 N–H and O–H groups in total. The minimum Gasteiger partial charge on any atom is -0.399 e. The summed E-state index contributed by atoms with van der Waals surface area (Å²) in [6.45, 7) is 6.41. The molecule has 0 atom stereocenters. The van der Waals surface area contributed by atoms with Crippen molar-refractivity contribution in [2.45, 2.75) is 40.0 Å². The van der Waals surface area contributed by atoms with Gasteiger partial charge in [0, 0.05) is 11.4 Å². The molecule has 0 amide bonds. The van der Waals surface area contributed by atoms with E-state index in [9.17, 15) is 4.57 Å². The minimum absolute atomic E-state index is 0.321. The molecule has 2 aromatic rings. The van der Waals surface area contributed by atoms with Crippen LogP contribution < -0.4 is 0 Å². The lowest BCUT2D eigenvalue weighted by atomic mass is 9.82. The Labute approximate surface area is 178 Å². The van der Waals surface area contributed by atoms with E-state index in [1.165, 1.54) is 5.57 Å². The zero-order chi connectivity index (χ0) is 21.6. The minimum atomic E-state index is -3.30. The molecule has 0 spiro atoms. The molecule has 1 aliphatic carbocycles. The fourth-order valence-corrected chi connectivity index (χ4v) is 5.25. The normalized spacial score (nSPS) is 16.7. The second-order valence-corrected chi connectivity index (χ2v) is 9.07. The van der Waals surface area contributed by atoms with Crippen LogP contribution in [0.1, 0.15) is 51.2 Å². The summed E-state index contributed by atoms with van der Waals surface area (Å²) in [5.41, 5.74) is 5.37. The molecule has 0 bridgehead atoms. The smallest absolute Gasteiger partial charge is 0.354 e. The number of hydrogen-bond donors (Lipinski definition) is 0. The molecular formula is C24H30NO4P. The lowest BCUT2D eigenvalue weighted by Gasteiger charge is -2.23. The summed E-state index contributed by atoms with van der Waals surface area (Å²) in [4.78, 5) is 5.16. The van der Waals surface area contributed by atoms with Crippen molar-refractivity contribution in [3.8, 4) is 0 Å². The van der Waals surface area contributed by atoms with E-state index < -0.39 is 7.60 Å². The average Bonchev–Trinajstić information content (AvgIpc) is 2.73. The van der Waals surface area contributed by atoms with E-state index in [1.54, 1.807) is 12.9 Å². The maximum Gasteiger partial charge on any atom is 0.354 e. The highest BCUT2D eigenvalue weighted by Crippen LogP contribution is 2.50. The molecule has 6 heteroatoms. The summed E-state index contributed by atoms with van der Waals surface area (Å²) in [6, 6.07) is 12.4. The molecule has 0 aromatic heterocycles. The second-order valence-electron chi connectivity index (χ2n) is 7.17. The molecule has 0 unspecified atom stereocenters. The number of nitrogens with zero attached hydrogens (tertiary/aromatic N) is 1. The van der Waals surface area contributed by atoms with Crippen LogP contribution in [0.15, 0.2) is 52.9 Å². The highest BCUT2D eigenvalue weighted by Gasteiger charge is 2.24. The highest BCUT2D eigenvalue weighted by atomic mass is 31.2. The lowest BCUT2D eigenvalue weighted by Crippen LogP contribution is -2.12. The standard InChI is InChI=1S/C24H30NO4P/c1-5-28-30(26,29-6-2)17-16-20-15-14-19-11-7-8-12-21(19)24(20)23-18(3)10-9-13-22(23)25-27-4/h7-8,11-12,14-17H,5-6,9-10,13H2,1-4H3/b17-16+,25-22+. The van der Waals surface area contributed by atoms with Gasteiger partial charge in [-0.1, -0.05) is 47.1 Å². The SMILES string of the molecule is CCOP(=O)(/C=C/c1ccc2ccccc2c1C1=C(C)CCC/C1=N\OC)OCC. The van der Waals surface area contributed by atoms with E-state index in [4.69, 9.17) is 13.9 Å². The molecule has 0 heterocycles. The molecule has 3 rings (SSSR count). The maximum atomic E-state index is 13.0. The highest BCUT2D eigenvalue weighted by molar-refractivity contribution is 7.57. The Bertz CT molecular complexity index is 1030. The number of allylic oxidation sites excluding steroid dienone is 2. The number of oxime groups is 1. The Morgan fingerprint density at radius 2 is 1.80 bits per heavy atom. The van der Waals surface area contributed by atoms with Crippen molar-refractivity contribution in [1.82, 2.24) is 0 Å². The van der Waals surface area contributed by atoms with Crippen LogP contribution in [-0.4, -0.2) is 26.0 Å². The van der Waals surface area contributed by atoms with Crippen LogP contribution in [0, 0.1) is 0 Å². The molecule has 1 aliphatic rings. The number of rotatable bonds is 8. The molecule has 160 valence electrons. The zero-order valence-electron chi connectivity index (χ0n) is 18.2. The van der Waals surface area contributed by atoms with Crippen molar-refractivity contribution >= 4 is 35.7 Å². The molecule has 5 nitrogen and oxygen atoms in total. The van der Waals surface area contributed by atoms with Crippen LogP contribution in [0.4, 0.5) is 0 Å². The van der Waals surface area contributed by atoms with Gasteiger partial charge in [0.15, 0.2) is 0 Å². The zero-order valence-corrected chi connectivity index (χ0v) is 19.1. The first-order valence-electron chi connectivity index (χ1n) is 10.4. The summed E-state index contributed by atoms with van der Waals surface area (Å²) in [5, 5.41) is 6.61. The first-order valence-corrected chi connectivity index (χ1v) is 12.0. The van der Waals surface area contributed by atoms with Crippen LogP contribution in [-0.2, 0) is 18.5 Å². The molecule has 30 heavy (non-hydrogen) atoms. The van der Waals surface area contributed by atoms with Crippen LogP contribution >= 0.6 is 7.60 Å². The van der Waals surface area contributed by atoms with Gasteiger partial charge in [-0.15, -0.1) is 0 Å². The van der Waals surface area contributed by atoms with Crippen molar-refractivity contribution in [3.63, 3.8) is 0 Å². The third-order valence-electron chi connectivity index (χ3n) is 5.15. The monoisotopic (exact) mass is 427 g/mol. The van der Waals surface area contributed by atoms with E-state index in [1.807, 2.05) is 32.1 Å². The van der Waals surface area contributed by atoms with Gasteiger partial charge in [0.2, 0.25) is 0 Å². The van der Waals surface area contributed by atoms with Crippen LogP contribution in [0.25, 0.3) is 22.4 Å². The van der Waals surface area contributed by atoms with Crippen molar-refractivity contribution in [1.29, 1.82) is 0 Å². The van der Waals surface area contributed by atoms with Gasteiger partial charge >= 0.3 is 7.60 Å². The lowest BCUT2D eigenvalue weighted by molar-refractivity contribution is 0.213. The quantitative estimate of drug-likeness (QED) is 0.335. The molecular weight excluding hydrogens is 397 g/mol. The second kappa shape index (κ2) is 10.2. The van der Waals surface area contributed by atoms with E-state index in [2.05, 4.69) is 36.3 Å². The predicted octanol–water partition coefficient (Wildman–Crippen LogP) is 7.04. The fourth-order valence-electron chi connectivity index (χ4n) is 3.94. The van der Waals surface area contributed by atoms with Gasteiger partial charge in [0.1, 0.15) is 7.11 Å². The van der Waals surface area contributed by atoms with E-state index in [0.717, 1.165) is 52.4 Å². The summed E-state index contributed by atoms with van der Waals surface area (Å²) < 4.78 is 23.9. The first-order chi connectivity index (χ1) is 14.5. The van der Waals surface area contributed by atoms with Crippen LogP contribution in [0.2, 0.25) is 0 Å². The molecule has 0 saturated carbocycles. The summed E-state index contributed by atoms with van der Waals surface area (Å²) in [7, 11) is -1.72. The number of fused-ring (bicyclic) bond motifs is 1. The molecule has 2 aromatic carbocycles. The van der Waals surface area contributed by atoms with Gasteiger partial charge in [-0.25, -0.2) is 0 Å². The molecule has 0 aliphatic heterocycles. The summed E-state index contributed by atoms with van der Waals surface area (Å²) >= 11 is 0. The number of hydrogen-bond acceptors (Lipinski definition) is 5. The average molecular weight is 427 g/mol. The van der Waals surface area contributed by atoms with Gasteiger partial charge < -0.3 is 13.9 Å². The third-order valence-corrected chi connectivity index (χ3v) is 6.90. The molecule has 0 radical (unpaired) electrons. The Balaban J connectivity index is 2.23. The van der Waals surface area contributed by atoms with Crippen molar-refractivity contribution < 1.29 is 18.5 Å². The summed E-state index contributed by atoms with van der Waals surface area (Å²) in [5.74, 6) is 1.57. The Morgan fingerprint density at radius 1 is 1.07 bits per heavy atom. The van der Waals surface area contributed by atoms with Gasteiger partial charge in [-0.3, -0.25) is 4.57 Å². The molecule has 0 saturated heterocycles. The predicted molar refractivity (Wildman–Crippen MR) is 125 cm³/mol. The van der Waals surface area contributed by atoms with Gasteiger partial charge in [-0.2, -0.15) is 0 Å². The fraction of sp³-hybridized carbons (Fsp3) is 0.375. The molecule has 0 fully saturated rings. The van der Waals surface area contributed by atoms with Gasteiger partial charge in [-0.05, 0) is 68.0 Å². The van der Waals surface area contributed by atoms with Gasteiger partial charge in [0.05, 0.1) is 18.9 Å². The van der Waals surface area contributed by atoms with Crippen LogP contribution in [0.5, 0.6) is 0 Å². The summed E-state index contributed by atoms with van der Waals surface area (Å²) in [6.07, 6.45) is 4.79. The van der Waals surface area contributed by atoms with E-state index >= 15 is 0 Å². The maximum absolute atomic E-state index is 13.0. The van der Waals surface area contributed by atoms with Crippen molar-refractivity contribution in [3.05, 3.63) is 58.9 Å². The third kappa shape index (κ3) is 4.92. The van der Waals surface area contributed by atoms with E-state index in [-0.39, 0.29) is 0 Å². The van der Waals surface area contributed by atoms with Crippen molar-refractivity contribution in [2.75, 3.05) is 20.3 Å². The largest absolute Gasteiger partial charge is 0.399 e. The van der Waals surface area contributed by atoms with Crippen molar-refractivity contribution in [2.24, 2.45) is 5.16 Å². The van der Waals surface area contributed by atoms with Crippen LogP contribution in [0.3, 0.4) is 0 Å².